The Hall–Kier alpha value is -0.610. The number of halogens is 2. The molecule has 0 aromatic heterocycles. The molecule has 2 atom stereocenters. The highest BCUT2D eigenvalue weighted by molar-refractivity contribution is 7.99. The number of benzene rings is 1. The van der Waals surface area contributed by atoms with Gasteiger partial charge >= 0.3 is 0 Å². The van der Waals surface area contributed by atoms with Crippen LogP contribution in [0, 0.1) is 11.6 Å². The minimum absolute atomic E-state index is 0.0465. The molecule has 2 rings (SSSR count). The lowest BCUT2D eigenvalue weighted by atomic mass is 9.97. The molecule has 1 aliphatic rings. The van der Waals surface area contributed by atoms with Crippen LogP contribution >= 0.6 is 11.8 Å². The lowest BCUT2D eigenvalue weighted by molar-refractivity contribution is 0.526. The van der Waals surface area contributed by atoms with Gasteiger partial charge in [0, 0.05) is 28.7 Å². The molecule has 0 spiro atoms. The van der Waals surface area contributed by atoms with Gasteiger partial charge in [-0.25, -0.2) is 8.78 Å². The van der Waals surface area contributed by atoms with Gasteiger partial charge in [-0.15, -0.1) is 0 Å². The van der Waals surface area contributed by atoms with E-state index in [1.807, 2.05) is 7.05 Å². The fourth-order valence-corrected chi connectivity index (χ4v) is 3.20. The Morgan fingerprint density at radius 2 is 2.12 bits per heavy atom. The van der Waals surface area contributed by atoms with E-state index in [0.717, 1.165) is 18.1 Å². The molecule has 0 aliphatic carbocycles. The van der Waals surface area contributed by atoms with Crippen LogP contribution in [0.2, 0.25) is 0 Å². The maximum atomic E-state index is 13.7. The first-order valence-electron chi connectivity index (χ1n) is 5.38. The minimum Gasteiger partial charge on any atom is -0.313 e. The monoisotopic (exact) mass is 243 g/mol. The molecule has 2 unspecified atom stereocenters. The minimum atomic E-state index is -0.490. The molecular formula is C12H15F2NS. The summed E-state index contributed by atoms with van der Waals surface area (Å²) < 4.78 is 26.9. The van der Waals surface area contributed by atoms with E-state index in [2.05, 4.69) is 12.2 Å². The molecule has 16 heavy (non-hydrogen) atoms. The van der Waals surface area contributed by atoms with E-state index in [-0.39, 0.29) is 6.04 Å². The van der Waals surface area contributed by atoms with Gasteiger partial charge in [0.2, 0.25) is 0 Å². The Labute approximate surface area is 98.6 Å². The second kappa shape index (κ2) is 4.72. The molecule has 1 heterocycles. The van der Waals surface area contributed by atoms with E-state index >= 15 is 0 Å². The van der Waals surface area contributed by atoms with E-state index in [4.69, 9.17) is 0 Å². The van der Waals surface area contributed by atoms with Crippen molar-refractivity contribution in [3.8, 4) is 0 Å². The number of thioether (sulfide) groups is 1. The molecular weight excluding hydrogens is 228 g/mol. The summed E-state index contributed by atoms with van der Waals surface area (Å²) in [4.78, 5) is 0. The van der Waals surface area contributed by atoms with Crippen molar-refractivity contribution >= 4 is 11.8 Å². The second-order valence-corrected chi connectivity index (χ2v) is 5.58. The molecule has 1 N–H and O–H groups in total. The van der Waals surface area contributed by atoms with Crippen LogP contribution < -0.4 is 5.32 Å². The van der Waals surface area contributed by atoms with Gasteiger partial charge in [-0.3, -0.25) is 0 Å². The average Bonchev–Trinajstić information content (AvgIpc) is 2.38. The van der Waals surface area contributed by atoms with Crippen LogP contribution in [0.15, 0.2) is 12.1 Å². The third-order valence-electron chi connectivity index (χ3n) is 3.00. The van der Waals surface area contributed by atoms with Crippen molar-refractivity contribution in [3.05, 3.63) is 34.9 Å². The maximum Gasteiger partial charge on any atom is 0.130 e. The van der Waals surface area contributed by atoms with Crippen molar-refractivity contribution in [2.45, 2.75) is 30.4 Å². The standard InChI is InChI=1S/C12H15F2NS/c1-7-3-12(15-2)9-4-8(13)5-11(14)10(9)6-16-7/h4-5,7,12,15H,3,6H2,1-2H3. The molecule has 0 bridgehead atoms. The fraction of sp³-hybridized carbons (Fsp3) is 0.500. The fourth-order valence-electron chi connectivity index (χ4n) is 2.11. The molecule has 1 aromatic carbocycles. The zero-order valence-electron chi connectivity index (χ0n) is 9.39. The first kappa shape index (κ1) is 11.9. The Kier molecular flexibility index (Phi) is 3.50. The van der Waals surface area contributed by atoms with Crippen molar-refractivity contribution in [3.63, 3.8) is 0 Å². The number of nitrogens with one attached hydrogen (secondary N) is 1. The summed E-state index contributed by atoms with van der Waals surface area (Å²) in [6.07, 6.45) is 0.900. The van der Waals surface area contributed by atoms with Crippen molar-refractivity contribution < 1.29 is 8.78 Å². The molecule has 0 fully saturated rings. The second-order valence-electron chi connectivity index (χ2n) is 4.15. The first-order valence-corrected chi connectivity index (χ1v) is 6.43. The highest BCUT2D eigenvalue weighted by Gasteiger charge is 2.24. The SMILES string of the molecule is CNC1CC(C)SCc2c(F)cc(F)cc21. The van der Waals surface area contributed by atoms with E-state index < -0.39 is 11.6 Å². The predicted molar refractivity (Wildman–Crippen MR) is 63.5 cm³/mol. The van der Waals surface area contributed by atoms with Crippen molar-refractivity contribution in [1.82, 2.24) is 5.32 Å². The normalized spacial score (nSPS) is 25.0. The van der Waals surface area contributed by atoms with Gasteiger partial charge in [-0.1, -0.05) is 6.92 Å². The maximum absolute atomic E-state index is 13.7. The van der Waals surface area contributed by atoms with Crippen LogP contribution in [0.25, 0.3) is 0 Å². The molecule has 1 nitrogen and oxygen atoms in total. The van der Waals surface area contributed by atoms with Gasteiger partial charge in [-0.05, 0) is 25.1 Å². The summed E-state index contributed by atoms with van der Waals surface area (Å²) >= 11 is 1.72. The molecule has 1 aromatic rings. The Bertz CT molecular complexity index is 395. The molecule has 4 heteroatoms. The number of fused-ring (bicyclic) bond motifs is 1. The highest BCUT2D eigenvalue weighted by atomic mass is 32.2. The zero-order chi connectivity index (χ0) is 11.7. The quantitative estimate of drug-likeness (QED) is 0.812. The number of hydrogen-bond acceptors (Lipinski definition) is 2. The summed E-state index contributed by atoms with van der Waals surface area (Å²) in [5, 5.41) is 3.59. The Morgan fingerprint density at radius 3 is 2.81 bits per heavy atom. The highest BCUT2D eigenvalue weighted by Crippen LogP contribution is 2.36. The van der Waals surface area contributed by atoms with Crippen LogP contribution in [-0.4, -0.2) is 12.3 Å². The summed E-state index contributed by atoms with van der Waals surface area (Å²) in [7, 11) is 1.83. The molecule has 1 aliphatic heterocycles. The van der Waals surface area contributed by atoms with Crippen LogP contribution in [0.4, 0.5) is 8.78 Å². The topological polar surface area (TPSA) is 12.0 Å². The van der Waals surface area contributed by atoms with Gasteiger partial charge in [0.15, 0.2) is 0 Å². The largest absolute Gasteiger partial charge is 0.313 e. The first-order chi connectivity index (χ1) is 7.61. The van der Waals surface area contributed by atoms with E-state index in [9.17, 15) is 8.78 Å². The van der Waals surface area contributed by atoms with E-state index in [0.29, 0.717) is 16.6 Å². The van der Waals surface area contributed by atoms with Gasteiger partial charge in [0.1, 0.15) is 11.6 Å². The van der Waals surface area contributed by atoms with E-state index in [1.165, 1.54) is 6.07 Å². The molecule has 0 saturated heterocycles. The van der Waals surface area contributed by atoms with Crippen LogP contribution in [-0.2, 0) is 5.75 Å². The van der Waals surface area contributed by atoms with Crippen molar-refractivity contribution in [1.29, 1.82) is 0 Å². The molecule has 0 radical (unpaired) electrons. The van der Waals surface area contributed by atoms with Crippen molar-refractivity contribution in [2.75, 3.05) is 7.05 Å². The van der Waals surface area contributed by atoms with Crippen LogP contribution in [0.1, 0.15) is 30.5 Å². The number of rotatable bonds is 1. The predicted octanol–water partition coefficient (Wildman–Crippen LogP) is 3.25. The molecule has 0 saturated carbocycles. The summed E-state index contributed by atoms with van der Waals surface area (Å²) in [6.45, 7) is 2.12. The van der Waals surface area contributed by atoms with Gasteiger partial charge in [-0.2, -0.15) is 11.8 Å². The lowest BCUT2D eigenvalue weighted by Crippen LogP contribution is -2.19. The third kappa shape index (κ3) is 2.23. The molecule has 0 amide bonds. The smallest absolute Gasteiger partial charge is 0.130 e. The third-order valence-corrected chi connectivity index (χ3v) is 4.22. The van der Waals surface area contributed by atoms with Crippen LogP contribution in [0.5, 0.6) is 0 Å². The van der Waals surface area contributed by atoms with E-state index in [1.54, 1.807) is 11.8 Å². The zero-order valence-corrected chi connectivity index (χ0v) is 10.2. The number of hydrogen-bond donors (Lipinski definition) is 1. The van der Waals surface area contributed by atoms with Crippen molar-refractivity contribution in [2.24, 2.45) is 0 Å². The summed E-state index contributed by atoms with van der Waals surface area (Å²) in [6, 6.07) is 2.48. The summed E-state index contributed by atoms with van der Waals surface area (Å²) in [5.74, 6) is -0.284. The van der Waals surface area contributed by atoms with Gasteiger partial charge < -0.3 is 5.32 Å². The average molecular weight is 243 g/mol. The lowest BCUT2D eigenvalue weighted by Gasteiger charge is -2.18. The molecule has 88 valence electrons. The van der Waals surface area contributed by atoms with Crippen LogP contribution in [0.3, 0.4) is 0 Å². The Morgan fingerprint density at radius 1 is 1.38 bits per heavy atom. The summed E-state index contributed by atoms with van der Waals surface area (Å²) in [5.41, 5.74) is 1.42. The Balaban J connectivity index is 2.48. The van der Waals surface area contributed by atoms with Gasteiger partial charge in [0.05, 0.1) is 0 Å². The van der Waals surface area contributed by atoms with Gasteiger partial charge in [0.25, 0.3) is 0 Å².